The van der Waals surface area contributed by atoms with Gasteiger partial charge in [-0.05, 0) is 42.3 Å². The summed E-state index contributed by atoms with van der Waals surface area (Å²) in [5.41, 5.74) is 7.64. The van der Waals surface area contributed by atoms with Crippen molar-refractivity contribution in [3.8, 4) is 16.9 Å². The lowest BCUT2D eigenvalue weighted by Crippen LogP contribution is -2.17. The summed E-state index contributed by atoms with van der Waals surface area (Å²) < 4.78 is 56.4. The largest absolute Gasteiger partial charge is 0.573 e. The van der Waals surface area contributed by atoms with Crippen LogP contribution in [0, 0.1) is 12.7 Å². The number of amides is 1. The van der Waals surface area contributed by atoms with Gasteiger partial charge in [0, 0.05) is 18.0 Å². The van der Waals surface area contributed by atoms with Gasteiger partial charge >= 0.3 is 6.36 Å². The highest BCUT2D eigenvalue weighted by molar-refractivity contribution is 6.05. The maximum absolute atomic E-state index is 14.1. The molecule has 1 amide bonds. The van der Waals surface area contributed by atoms with Crippen molar-refractivity contribution in [1.82, 2.24) is 4.57 Å². The van der Waals surface area contributed by atoms with Crippen LogP contribution in [0.15, 0.2) is 36.4 Å². The fraction of sp³-hybridized carbons (Fsp3) is 0.167. The zero-order valence-electron chi connectivity index (χ0n) is 13.8. The first-order valence-corrected chi connectivity index (χ1v) is 7.53. The molecule has 1 heterocycles. The standard InChI is InChI=1S/C18H14F4N2O2/c1-9-13-7-11(19)8-14(16(13)24(2)15(9)17(23)25)10-3-5-12(6-4-10)26-18(20,21)22/h3-8H,1-2H3,(H2,23,25). The quantitative estimate of drug-likeness (QED) is 0.703. The van der Waals surface area contributed by atoms with Crippen LogP contribution in [-0.2, 0) is 7.05 Å². The molecule has 0 aliphatic heterocycles. The number of halogens is 4. The Morgan fingerprint density at radius 2 is 1.77 bits per heavy atom. The molecule has 0 atom stereocenters. The van der Waals surface area contributed by atoms with Crippen molar-refractivity contribution in [3.05, 3.63) is 53.5 Å². The van der Waals surface area contributed by atoms with Crippen molar-refractivity contribution in [2.45, 2.75) is 13.3 Å². The molecule has 0 bridgehead atoms. The zero-order valence-corrected chi connectivity index (χ0v) is 13.8. The maximum atomic E-state index is 14.1. The van der Waals surface area contributed by atoms with Crippen LogP contribution in [0.4, 0.5) is 17.6 Å². The Hall–Kier alpha value is -3.03. The second kappa shape index (κ2) is 6.05. The van der Waals surface area contributed by atoms with E-state index in [-0.39, 0.29) is 11.4 Å². The number of benzene rings is 2. The van der Waals surface area contributed by atoms with Gasteiger partial charge in [-0.15, -0.1) is 13.2 Å². The van der Waals surface area contributed by atoms with Gasteiger partial charge in [0.1, 0.15) is 17.3 Å². The van der Waals surface area contributed by atoms with Crippen LogP contribution in [0.1, 0.15) is 16.1 Å². The summed E-state index contributed by atoms with van der Waals surface area (Å²) >= 11 is 0. The number of nitrogens with two attached hydrogens (primary N) is 1. The zero-order chi connectivity index (χ0) is 19.2. The van der Waals surface area contributed by atoms with Crippen molar-refractivity contribution in [1.29, 1.82) is 0 Å². The number of fused-ring (bicyclic) bond motifs is 1. The van der Waals surface area contributed by atoms with Gasteiger partial charge in [-0.1, -0.05) is 12.1 Å². The van der Waals surface area contributed by atoms with Gasteiger partial charge in [0.2, 0.25) is 0 Å². The number of aryl methyl sites for hydroxylation is 2. The van der Waals surface area contributed by atoms with Gasteiger partial charge in [-0.25, -0.2) is 4.39 Å². The molecule has 0 radical (unpaired) electrons. The summed E-state index contributed by atoms with van der Waals surface area (Å²) in [6.07, 6.45) is -4.79. The molecule has 136 valence electrons. The molecule has 0 saturated heterocycles. The molecule has 1 aromatic heterocycles. The summed E-state index contributed by atoms with van der Waals surface area (Å²) in [6, 6.07) is 7.62. The fourth-order valence-electron chi connectivity index (χ4n) is 3.14. The number of aromatic nitrogens is 1. The van der Waals surface area contributed by atoms with Crippen molar-refractivity contribution in [2.24, 2.45) is 12.8 Å². The van der Waals surface area contributed by atoms with Crippen LogP contribution >= 0.6 is 0 Å². The van der Waals surface area contributed by atoms with E-state index in [0.29, 0.717) is 27.6 Å². The minimum absolute atomic E-state index is 0.240. The van der Waals surface area contributed by atoms with E-state index in [1.807, 2.05) is 0 Å². The predicted molar refractivity (Wildman–Crippen MR) is 88.3 cm³/mol. The first-order chi connectivity index (χ1) is 12.1. The lowest BCUT2D eigenvalue weighted by Gasteiger charge is -2.11. The van der Waals surface area contributed by atoms with Gasteiger partial charge in [-0.3, -0.25) is 4.79 Å². The Kier molecular flexibility index (Phi) is 4.14. The Morgan fingerprint density at radius 1 is 1.15 bits per heavy atom. The topological polar surface area (TPSA) is 57.2 Å². The Balaban J connectivity index is 2.19. The van der Waals surface area contributed by atoms with E-state index in [4.69, 9.17) is 5.73 Å². The third kappa shape index (κ3) is 3.10. The van der Waals surface area contributed by atoms with Crippen molar-refractivity contribution < 1.29 is 27.1 Å². The van der Waals surface area contributed by atoms with Crippen molar-refractivity contribution in [3.63, 3.8) is 0 Å². The van der Waals surface area contributed by atoms with Crippen LogP contribution < -0.4 is 10.5 Å². The molecule has 8 heteroatoms. The molecule has 2 N–H and O–H groups in total. The van der Waals surface area contributed by atoms with Gasteiger partial charge in [0.15, 0.2) is 0 Å². The molecule has 2 aromatic carbocycles. The first-order valence-electron chi connectivity index (χ1n) is 7.53. The SMILES string of the molecule is Cc1c(C(N)=O)n(C)c2c(-c3ccc(OC(F)(F)F)cc3)cc(F)cc12. The third-order valence-electron chi connectivity index (χ3n) is 4.14. The molecule has 3 aromatic rings. The molecule has 4 nitrogen and oxygen atoms in total. The average molecular weight is 366 g/mol. The summed E-state index contributed by atoms with van der Waals surface area (Å²) in [6.45, 7) is 1.66. The van der Waals surface area contributed by atoms with E-state index < -0.39 is 18.1 Å². The molecular weight excluding hydrogens is 352 g/mol. The van der Waals surface area contributed by atoms with E-state index in [9.17, 15) is 22.4 Å². The average Bonchev–Trinajstić information content (AvgIpc) is 2.77. The summed E-state index contributed by atoms with van der Waals surface area (Å²) in [5, 5.41) is 0.506. The number of hydrogen-bond donors (Lipinski definition) is 1. The smallest absolute Gasteiger partial charge is 0.406 e. The highest BCUT2D eigenvalue weighted by atomic mass is 19.4. The second-order valence-corrected chi connectivity index (χ2v) is 5.82. The second-order valence-electron chi connectivity index (χ2n) is 5.82. The molecular formula is C18H14F4N2O2. The molecule has 0 fully saturated rings. The van der Waals surface area contributed by atoms with Gasteiger partial charge in [0.25, 0.3) is 5.91 Å². The lowest BCUT2D eigenvalue weighted by molar-refractivity contribution is -0.274. The number of carbonyl (C=O) groups excluding carboxylic acids is 1. The minimum atomic E-state index is -4.79. The number of primary amides is 1. The normalized spacial score (nSPS) is 11.8. The van der Waals surface area contributed by atoms with Crippen LogP contribution in [0.3, 0.4) is 0 Å². The van der Waals surface area contributed by atoms with Crippen LogP contribution in [-0.4, -0.2) is 16.8 Å². The summed E-state index contributed by atoms with van der Waals surface area (Å²) in [7, 11) is 1.62. The lowest BCUT2D eigenvalue weighted by atomic mass is 10.0. The summed E-state index contributed by atoms with van der Waals surface area (Å²) in [4.78, 5) is 11.7. The molecule has 0 saturated carbocycles. The maximum Gasteiger partial charge on any atom is 0.573 e. The van der Waals surface area contributed by atoms with E-state index in [1.54, 1.807) is 18.5 Å². The van der Waals surface area contributed by atoms with E-state index in [2.05, 4.69) is 4.74 Å². The predicted octanol–water partition coefficient (Wildman–Crippen LogP) is 4.29. The number of carbonyl (C=O) groups is 1. The molecule has 0 unspecified atom stereocenters. The number of alkyl halides is 3. The number of rotatable bonds is 3. The minimum Gasteiger partial charge on any atom is -0.406 e. The highest BCUT2D eigenvalue weighted by Crippen LogP contribution is 2.35. The first kappa shape index (κ1) is 17.8. The Morgan fingerprint density at radius 3 is 2.31 bits per heavy atom. The highest BCUT2D eigenvalue weighted by Gasteiger charge is 2.31. The van der Waals surface area contributed by atoms with Crippen LogP contribution in [0.25, 0.3) is 22.0 Å². The van der Waals surface area contributed by atoms with Crippen LogP contribution in [0.5, 0.6) is 5.75 Å². The van der Waals surface area contributed by atoms with E-state index in [0.717, 1.165) is 12.1 Å². The number of nitrogens with zero attached hydrogens (tertiary/aromatic N) is 1. The fourth-order valence-corrected chi connectivity index (χ4v) is 3.14. The van der Waals surface area contributed by atoms with Gasteiger partial charge in [0.05, 0.1) is 5.52 Å². The van der Waals surface area contributed by atoms with Gasteiger partial charge in [-0.2, -0.15) is 0 Å². The molecule has 0 aliphatic rings. The number of hydrogen-bond acceptors (Lipinski definition) is 2. The Labute approximate surface area is 145 Å². The van der Waals surface area contributed by atoms with Gasteiger partial charge < -0.3 is 15.0 Å². The molecule has 0 spiro atoms. The molecule has 3 rings (SSSR count). The monoisotopic (exact) mass is 366 g/mol. The number of ether oxygens (including phenoxy) is 1. The van der Waals surface area contributed by atoms with E-state index >= 15 is 0 Å². The van der Waals surface area contributed by atoms with Crippen molar-refractivity contribution in [2.75, 3.05) is 0 Å². The molecule has 0 aliphatic carbocycles. The van der Waals surface area contributed by atoms with Crippen LogP contribution in [0.2, 0.25) is 0 Å². The summed E-state index contributed by atoms with van der Waals surface area (Å²) in [5.74, 6) is -1.57. The van der Waals surface area contributed by atoms with E-state index in [1.165, 1.54) is 24.3 Å². The molecule has 26 heavy (non-hydrogen) atoms. The van der Waals surface area contributed by atoms with Crippen molar-refractivity contribution >= 4 is 16.8 Å². The Bertz CT molecular complexity index is 1000. The third-order valence-corrected chi connectivity index (χ3v) is 4.14.